The third-order valence-corrected chi connectivity index (χ3v) is 4.40. The Labute approximate surface area is 159 Å². The second-order valence-corrected chi connectivity index (χ2v) is 6.61. The fraction of sp³-hybridized carbons (Fsp3) is 0.333. The lowest BCUT2D eigenvalue weighted by molar-refractivity contribution is -0.127. The molecule has 1 aromatic rings. The predicted molar refractivity (Wildman–Crippen MR) is 105 cm³/mol. The van der Waals surface area contributed by atoms with E-state index in [1.165, 1.54) is 0 Å². The minimum Gasteiger partial charge on any atom is -0.381 e. The summed E-state index contributed by atoms with van der Waals surface area (Å²) >= 11 is 6.24. The van der Waals surface area contributed by atoms with Crippen LogP contribution in [0.5, 0.6) is 0 Å². The van der Waals surface area contributed by atoms with E-state index in [1.807, 2.05) is 49.4 Å². The summed E-state index contributed by atoms with van der Waals surface area (Å²) < 4.78 is 5.74. The molecule has 0 aromatic heterocycles. The topological polar surface area (TPSA) is 47.9 Å². The largest absolute Gasteiger partial charge is 0.381 e. The van der Waals surface area contributed by atoms with Crippen molar-refractivity contribution in [1.82, 2.24) is 0 Å². The van der Waals surface area contributed by atoms with E-state index in [4.69, 9.17) is 21.2 Å². The van der Waals surface area contributed by atoms with Crippen LogP contribution >= 0.6 is 11.6 Å². The third-order valence-electron chi connectivity index (χ3n) is 4.01. The number of oxime groups is 1. The van der Waals surface area contributed by atoms with Crippen LogP contribution in [0.25, 0.3) is 0 Å². The van der Waals surface area contributed by atoms with E-state index in [0.29, 0.717) is 43.2 Å². The number of hydrogen-bond donors (Lipinski definition) is 0. The van der Waals surface area contributed by atoms with Gasteiger partial charge in [-0.25, -0.2) is 0 Å². The van der Waals surface area contributed by atoms with Crippen LogP contribution in [-0.2, 0) is 20.8 Å². The second kappa shape index (κ2) is 10.1. The number of rotatable bonds is 10. The van der Waals surface area contributed by atoms with Crippen molar-refractivity contribution in [2.24, 2.45) is 5.16 Å². The molecule has 26 heavy (non-hydrogen) atoms. The Hall–Kier alpha value is -2.17. The van der Waals surface area contributed by atoms with E-state index >= 15 is 0 Å². The highest BCUT2D eigenvalue weighted by Gasteiger charge is 2.39. The number of benzene rings is 1. The number of aldehydes is 1. The summed E-state index contributed by atoms with van der Waals surface area (Å²) in [5, 5.41) is 4.71. The molecule has 0 N–H and O–H groups in total. The first-order valence-corrected chi connectivity index (χ1v) is 8.93. The van der Waals surface area contributed by atoms with Gasteiger partial charge >= 0.3 is 0 Å². The van der Waals surface area contributed by atoms with E-state index in [-0.39, 0.29) is 0 Å². The van der Waals surface area contributed by atoms with Crippen LogP contribution in [0.3, 0.4) is 0 Å². The first kappa shape index (κ1) is 20.1. The number of hydrogen-bond acceptors (Lipinski definition) is 4. The van der Waals surface area contributed by atoms with Gasteiger partial charge in [0.05, 0.1) is 18.9 Å². The van der Waals surface area contributed by atoms with E-state index < -0.39 is 5.60 Å². The summed E-state index contributed by atoms with van der Waals surface area (Å²) in [6.45, 7) is 6.32. The monoisotopic (exact) mass is 373 g/mol. The summed E-state index contributed by atoms with van der Waals surface area (Å²) in [6, 6.07) is 9.76. The molecule has 1 heterocycles. The van der Waals surface area contributed by atoms with Crippen molar-refractivity contribution in [1.29, 1.82) is 0 Å². The number of allylic oxidation sites excluding steroid dienone is 4. The van der Waals surface area contributed by atoms with Crippen LogP contribution in [0.1, 0.15) is 25.3 Å². The normalized spacial score (nSPS) is 20.5. The molecule has 1 aliphatic rings. The van der Waals surface area contributed by atoms with Gasteiger partial charge in [0.1, 0.15) is 0 Å². The molecule has 0 bridgehead atoms. The average molecular weight is 374 g/mol. The lowest BCUT2D eigenvalue weighted by Crippen LogP contribution is -2.34. The predicted octanol–water partition coefficient (Wildman–Crippen LogP) is 4.60. The number of ether oxygens (including phenoxy) is 1. The summed E-state index contributed by atoms with van der Waals surface area (Å²) in [5.41, 5.74) is 1.76. The molecule has 0 aliphatic carbocycles. The smallest absolute Gasteiger partial charge is 0.201 e. The molecule has 0 fully saturated rings. The van der Waals surface area contributed by atoms with Gasteiger partial charge in [0.15, 0.2) is 6.29 Å². The van der Waals surface area contributed by atoms with Gasteiger partial charge < -0.3 is 9.57 Å². The molecule has 1 unspecified atom stereocenters. The van der Waals surface area contributed by atoms with Crippen molar-refractivity contribution in [3.05, 3.63) is 71.3 Å². The van der Waals surface area contributed by atoms with Crippen LogP contribution in [0.2, 0.25) is 0 Å². The van der Waals surface area contributed by atoms with Crippen molar-refractivity contribution in [2.75, 3.05) is 13.2 Å². The van der Waals surface area contributed by atoms with Crippen LogP contribution in [0, 0.1) is 0 Å². The zero-order valence-electron chi connectivity index (χ0n) is 15.0. The van der Waals surface area contributed by atoms with Gasteiger partial charge in [-0.15, -0.1) is 6.58 Å². The summed E-state index contributed by atoms with van der Waals surface area (Å²) in [5.74, 6) is 0. The summed E-state index contributed by atoms with van der Waals surface area (Å²) in [4.78, 5) is 17.1. The maximum Gasteiger partial charge on any atom is 0.201 e. The van der Waals surface area contributed by atoms with E-state index in [9.17, 15) is 4.79 Å². The van der Waals surface area contributed by atoms with Gasteiger partial charge in [0.25, 0.3) is 0 Å². The lowest BCUT2D eigenvalue weighted by atomic mass is 9.91. The quantitative estimate of drug-likeness (QED) is 0.342. The van der Waals surface area contributed by atoms with Gasteiger partial charge in [0, 0.05) is 17.9 Å². The SMILES string of the molecule is C=CC/C(COCC1=NOC(C=O)(Cc2ccccc2)C1)=C(Cl)\C=C/C. The molecular weight excluding hydrogens is 350 g/mol. The fourth-order valence-corrected chi connectivity index (χ4v) is 3.00. The van der Waals surface area contributed by atoms with Gasteiger partial charge in [-0.3, -0.25) is 4.79 Å². The van der Waals surface area contributed by atoms with Crippen LogP contribution in [-0.4, -0.2) is 30.8 Å². The molecule has 0 spiro atoms. The Balaban J connectivity index is 1.90. The standard InChI is InChI=1S/C21H24ClNO3/c1-3-8-18(20(22)9-4-2)14-25-15-19-13-21(16-24,26-23-19)12-17-10-6-5-7-11-17/h3-7,9-11,16H,1,8,12-15H2,2H3/b9-4-,20-18-. The van der Waals surface area contributed by atoms with Gasteiger partial charge in [-0.1, -0.05) is 59.2 Å². The summed E-state index contributed by atoms with van der Waals surface area (Å²) in [7, 11) is 0. The minimum absolute atomic E-state index is 0.297. The maximum atomic E-state index is 11.6. The average Bonchev–Trinajstić information content (AvgIpc) is 3.05. The first-order chi connectivity index (χ1) is 12.6. The zero-order valence-corrected chi connectivity index (χ0v) is 15.7. The molecule has 0 radical (unpaired) electrons. The van der Waals surface area contributed by atoms with Crippen molar-refractivity contribution < 1.29 is 14.4 Å². The molecule has 2 rings (SSSR count). The van der Waals surface area contributed by atoms with Crippen molar-refractivity contribution in [3.63, 3.8) is 0 Å². The molecule has 1 atom stereocenters. The third kappa shape index (κ3) is 5.68. The Kier molecular flexibility index (Phi) is 7.82. The number of carbonyl (C=O) groups excluding carboxylic acids is 1. The molecule has 0 amide bonds. The minimum atomic E-state index is -0.942. The van der Waals surface area contributed by atoms with E-state index in [2.05, 4.69) is 11.7 Å². The van der Waals surface area contributed by atoms with Crippen molar-refractivity contribution >= 4 is 23.6 Å². The number of carbonyl (C=O) groups is 1. The highest BCUT2D eigenvalue weighted by atomic mass is 35.5. The Morgan fingerprint density at radius 2 is 2.19 bits per heavy atom. The fourth-order valence-electron chi connectivity index (χ4n) is 2.74. The molecule has 0 saturated heterocycles. The van der Waals surface area contributed by atoms with Crippen LogP contribution in [0.4, 0.5) is 0 Å². The van der Waals surface area contributed by atoms with Gasteiger partial charge in [0.2, 0.25) is 5.60 Å². The van der Waals surface area contributed by atoms with E-state index in [0.717, 1.165) is 17.4 Å². The Morgan fingerprint density at radius 3 is 2.85 bits per heavy atom. The van der Waals surface area contributed by atoms with Gasteiger partial charge in [-0.2, -0.15) is 0 Å². The van der Waals surface area contributed by atoms with E-state index in [1.54, 1.807) is 6.08 Å². The summed E-state index contributed by atoms with van der Waals surface area (Å²) in [6.07, 6.45) is 7.89. The highest BCUT2D eigenvalue weighted by molar-refractivity contribution is 6.31. The second-order valence-electron chi connectivity index (χ2n) is 6.21. The molecule has 4 nitrogen and oxygen atoms in total. The Morgan fingerprint density at radius 1 is 1.42 bits per heavy atom. The number of nitrogens with zero attached hydrogens (tertiary/aromatic N) is 1. The lowest BCUT2D eigenvalue weighted by Gasteiger charge is -2.19. The molecule has 138 valence electrons. The maximum absolute atomic E-state index is 11.6. The molecular formula is C21H24ClNO3. The molecule has 0 saturated carbocycles. The number of halogens is 1. The Bertz CT molecular complexity index is 709. The molecule has 5 heteroatoms. The van der Waals surface area contributed by atoms with Crippen molar-refractivity contribution in [2.45, 2.75) is 31.8 Å². The molecule has 1 aliphatic heterocycles. The first-order valence-electron chi connectivity index (χ1n) is 8.55. The zero-order chi connectivity index (χ0) is 18.8. The van der Waals surface area contributed by atoms with Crippen LogP contribution in [0.15, 0.2) is 70.9 Å². The van der Waals surface area contributed by atoms with Crippen LogP contribution < -0.4 is 0 Å². The van der Waals surface area contributed by atoms with Gasteiger partial charge in [-0.05, 0) is 30.6 Å². The molecule has 1 aromatic carbocycles. The van der Waals surface area contributed by atoms with Crippen molar-refractivity contribution in [3.8, 4) is 0 Å². The highest BCUT2D eigenvalue weighted by Crippen LogP contribution is 2.27.